The molecule has 0 radical (unpaired) electrons. The molecule has 1 unspecified atom stereocenters. The maximum absolute atomic E-state index is 11.4. The Bertz CT molecular complexity index is 268. The Hall–Kier alpha value is -1.10. The van der Waals surface area contributed by atoms with Gasteiger partial charge in [-0.05, 0) is 25.1 Å². The van der Waals surface area contributed by atoms with Crippen molar-refractivity contribution in [3.63, 3.8) is 0 Å². The summed E-state index contributed by atoms with van der Waals surface area (Å²) < 4.78 is 4.73. The number of likely N-dealkylation sites (tertiary alicyclic amines) is 1. The quantitative estimate of drug-likeness (QED) is 0.437. The lowest BCUT2D eigenvalue weighted by molar-refractivity contribution is -0.144. The second kappa shape index (κ2) is 5.70. The van der Waals surface area contributed by atoms with E-state index in [1.165, 1.54) is 7.11 Å². The minimum atomic E-state index is -0.222. The van der Waals surface area contributed by atoms with Crippen LogP contribution in [-0.2, 0) is 9.53 Å². The van der Waals surface area contributed by atoms with Crippen LogP contribution in [0.15, 0.2) is 12.7 Å². The summed E-state index contributed by atoms with van der Waals surface area (Å²) in [6.07, 6.45) is 3.51. The van der Waals surface area contributed by atoms with Gasteiger partial charge in [0.2, 0.25) is 0 Å². The lowest BCUT2D eigenvalue weighted by atomic mass is 10.2. The lowest BCUT2D eigenvalue weighted by Crippen LogP contribution is -2.46. The highest BCUT2D eigenvalue weighted by Gasteiger charge is 2.32. The number of esters is 1. The van der Waals surface area contributed by atoms with Crippen molar-refractivity contribution in [3.8, 4) is 0 Å². The van der Waals surface area contributed by atoms with E-state index in [4.69, 9.17) is 17.0 Å². The van der Waals surface area contributed by atoms with E-state index in [-0.39, 0.29) is 12.0 Å². The zero-order chi connectivity index (χ0) is 11.3. The molecule has 1 fully saturated rings. The van der Waals surface area contributed by atoms with Gasteiger partial charge in [-0.2, -0.15) is 0 Å². The first-order valence-corrected chi connectivity index (χ1v) is 5.34. The van der Waals surface area contributed by atoms with Crippen molar-refractivity contribution in [1.29, 1.82) is 0 Å². The molecule has 1 rings (SSSR count). The SMILES string of the molecule is C=CCNC(=S)N1CCCC1C(=O)OC. The number of thiocarbonyl (C=S) groups is 1. The van der Waals surface area contributed by atoms with Crippen LogP contribution < -0.4 is 5.32 Å². The summed E-state index contributed by atoms with van der Waals surface area (Å²) in [5.74, 6) is -0.213. The lowest BCUT2D eigenvalue weighted by Gasteiger charge is -2.25. The van der Waals surface area contributed by atoms with Crippen molar-refractivity contribution in [2.45, 2.75) is 18.9 Å². The Labute approximate surface area is 95.3 Å². The highest BCUT2D eigenvalue weighted by molar-refractivity contribution is 7.80. The monoisotopic (exact) mass is 228 g/mol. The summed E-state index contributed by atoms with van der Waals surface area (Å²) in [6.45, 7) is 5.02. The Morgan fingerprint density at radius 1 is 1.80 bits per heavy atom. The molecule has 0 saturated carbocycles. The van der Waals surface area contributed by atoms with E-state index in [9.17, 15) is 4.79 Å². The number of carbonyl (C=O) groups is 1. The van der Waals surface area contributed by atoms with Crippen LogP contribution in [0.3, 0.4) is 0 Å². The molecule has 15 heavy (non-hydrogen) atoms. The number of methoxy groups -OCH3 is 1. The van der Waals surface area contributed by atoms with E-state index < -0.39 is 0 Å². The van der Waals surface area contributed by atoms with Gasteiger partial charge < -0.3 is 15.0 Å². The van der Waals surface area contributed by atoms with Crippen molar-refractivity contribution in [3.05, 3.63) is 12.7 Å². The van der Waals surface area contributed by atoms with Crippen LogP contribution in [0, 0.1) is 0 Å². The van der Waals surface area contributed by atoms with E-state index in [0.717, 1.165) is 19.4 Å². The maximum Gasteiger partial charge on any atom is 0.328 e. The number of rotatable bonds is 3. The van der Waals surface area contributed by atoms with Crippen LogP contribution in [0.4, 0.5) is 0 Å². The van der Waals surface area contributed by atoms with Crippen LogP contribution in [-0.4, -0.2) is 42.2 Å². The van der Waals surface area contributed by atoms with Gasteiger partial charge in [0, 0.05) is 13.1 Å². The van der Waals surface area contributed by atoms with Crippen molar-refractivity contribution in [2.75, 3.05) is 20.2 Å². The second-order valence-electron chi connectivity index (χ2n) is 3.35. The largest absolute Gasteiger partial charge is 0.467 e. The van der Waals surface area contributed by atoms with Gasteiger partial charge in [-0.3, -0.25) is 0 Å². The van der Waals surface area contributed by atoms with Crippen molar-refractivity contribution < 1.29 is 9.53 Å². The topological polar surface area (TPSA) is 41.6 Å². The van der Waals surface area contributed by atoms with Gasteiger partial charge in [0.1, 0.15) is 6.04 Å². The number of nitrogens with zero attached hydrogens (tertiary/aromatic N) is 1. The fraction of sp³-hybridized carbons (Fsp3) is 0.600. The zero-order valence-corrected chi connectivity index (χ0v) is 9.68. The molecule has 0 aromatic heterocycles. The Morgan fingerprint density at radius 2 is 2.53 bits per heavy atom. The highest BCUT2D eigenvalue weighted by Crippen LogP contribution is 2.18. The number of nitrogens with one attached hydrogen (secondary N) is 1. The zero-order valence-electron chi connectivity index (χ0n) is 8.86. The molecule has 1 aliphatic heterocycles. The fourth-order valence-electron chi connectivity index (χ4n) is 1.65. The minimum absolute atomic E-state index is 0.213. The first kappa shape index (κ1) is 12.0. The first-order valence-electron chi connectivity index (χ1n) is 4.94. The molecule has 1 saturated heterocycles. The Morgan fingerprint density at radius 3 is 3.13 bits per heavy atom. The van der Waals surface area contributed by atoms with Crippen molar-refractivity contribution in [1.82, 2.24) is 10.2 Å². The molecule has 4 nitrogen and oxygen atoms in total. The van der Waals surface area contributed by atoms with Gasteiger partial charge in [-0.15, -0.1) is 6.58 Å². The number of hydrogen-bond donors (Lipinski definition) is 1. The summed E-state index contributed by atoms with van der Waals surface area (Å²) >= 11 is 5.18. The van der Waals surface area contributed by atoms with Gasteiger partial charge in [0.25, 0.3) is 0 Å². The molecule has 0 amide bonds. The molecule has 5 heteroatoms. The van der Waals surface area contributed by atoms with Gasteiger partial charge in [0.05, 0.1) is 7.11 Å². The van der Waals surface area contributed by atoms with Crippen molar-refractivity contribution in [2.24, 2.45) is 0 Å². The van der Waals surface area contributed by atoms with Crippen LogP contribution in [0.1, 0.15) is 12.8 Å². The number of carbonyl (C=O) groups excluding carboxylic acids is 1. The summed E-state index contributed by atoms with van der Waals surface area (Å²) in [6, 6.07) is -0.222. The standard InChI is InChI=1S/C10H16N2O2S/c1-3-6-11-10(15)12-7-4-5-8(12)9(13)14-2/h3,8H,1,4-7H2,2H3,(H,11,15). The first-order chi connectivity index (χ1) is 7.20. The Balaban J connectivity index is 2.55. The predicted molar refractivity (Wildman–Crippen MR) is 62.5 cm³/mol. The van der Waals surface area contributed by atoms with Gasteiger partial charge in [-0.25, -0.2) is 4.79 Å². The molecule has 0 aromatic carbocycles. The van der Waals surface area contributed by atoms with E-state index in [1.807, 2.05) is 4.90 Å². The molecule has 1 heterocycles. The normalized spacial score (nSPS) is 19.8. The third-order valence-corrected chi connectivity index (χ3v) is 2.76. The minimum Gasteiger partial charge on any atom is -0.467 e. The molecule has 0 aliphatic carbocycles. The molecule has 0 aromatic rings. The molecule has 84 valence electrons. The summed E-state index contributed by atoms with van der Waals surface area (Å²) in [5, 5.41) is 3.61. The molecule has 0 spiro atoms. The van der Waals surface area contributed by atoms with Crippen molar-refractivity contribution >= 4 is 23.3 Å². The fourth-order valence-corrected chi connectivity index (χ4v) is 1.95. The second-order valence-corrected chi connectivity index (χ2v) is 3.74. The van der Waals surface area contributed by atoms with Gasteiger partial charge >= 0.3 is 5.97 Å². The van der Waals surface area contributed by atoms with Crippen LogP contribution in [0.25, 0.3) is 0 Å². The summed E-state index contributed by atoms with van der Waals surface area (Å²) in [7, 11) is 1.40. The highest BCUT2D eigenvalue weighted by atomic mass is 32.1. The van der Waals surface area contributed by atoms with E-state index in [1.54, 1.807) is 6.08 Å². The predicted octanol–water partition coefficient (Wildman–Crippen LogP) is 0.684. The van der Waals surface area contributed by atoms with Crippen LogP contribution in [0.5, 0.6) is 0 Å². The number of hydrogen-bond acceptors (Lipinski definition) is 3. The third kappa shape index (κ3) is 2.92. The van der Waals surface area contributed by atoms with Gasteiger partial charge in [-0.1, -0.05) is 6.08 Å². The summed E-state index contributed by atoms with van der Waals surface area (Å²) in [4.78, 5) is 13.3. The van der Waals surface area contributed by atoms with E-state index in [2.05, 4.69) is 11.9 Å². The van der Waals surface area contributed by atoms with Crippen LogP contribution in [0.2, 0.25) is 0 Å². The number of ether oxygens (including phenoxy) is 1. The smallest absolute Gasteiger partial charge is 0.328 e. The summed E-state index contributed by atoms with van der Waals surface area (Å²) in [5.41, 5.74) is 0. The van der Waals surface area contributed by atoms with Gasteiger partial charge in [0.15, 0.2) is 5.11 Å². The molecule has 0 bridgehead atoms. The molecule has 1 aliphatic rings. The van der Waals surface area contributed by atoms with E-state index in [0.29, 0.717) is 11.7 Å². The third-order valence-electron chi connectivity index (χ3n) is 2.38. The average Bonchev–Trinajstić information content (AvgIpc) is 2.73. The maximum atomic E-state index is 11.4. The Kier molecular flexibility index (Phi) is 4.55. The molecule has 1 N–H and O–H groups in total. The molecular formula is C10H16N2O2S. The average molecular weight is 228 g/mol. The molecule has 1 atom stereocenters. The van der Waals surface area contributed by atoms with E-state index >= 15 is 0 Å². The molecular weight excluding hydrogens is 212 g/mol. The van der Waals surface area contributed by atoms with Crippen LogP contribution >= 0.6 is 12.2 Å².